The Balaban J connectivity index is 3.29. The maximum absolute atomic E-state index is 11.3. The third-order valence-corrected chi connectivity index (χ3v) is 3.21. The van der Waals surface area contributed by atoms with E-state index in [-0.39, 0.29) is 10.6 Å². The molecule has 0 radical (unpaired) electrons. The average molecular weight is 252 g/mol. The van der Waals surface area contributed by atoms with Gasteiger partial charge in [-0.1, -0.05) is 0 Å². The molecule has 1 heterocycles. The average Bonchev–Trinajstić information content (AvgIpc) is 2.59. The number of methoxy groups -OCH3 is 1. The summed E-state index contributed by atoms with van der Waals surface area (Å²) in [6.45, 7) is 2.23. The minimum atomic E-state index is -3.81. The van der Waals surface area contributed by atoms with Crippen LogP contribution < -0.4 is 0 Å². The maximum atomic E-state index is 11.3. The standard InChI is InChI=1S/C8H10ClNO4S/c1-3-10-5-6(15(9,12)13)4-7(10)8(11)14-2/h4-5H,3H2,1-2H3. The lowest BCUT2D eigenvalue weighted by Crippen LogP contribution is -2.08. The van der Waals surface area contributed by atoms with Gasteiger partial charge in [0.2, 0.25) is 0 Å². The van der Waals surface area contributed by atoms with Gasteiger partial charge in [0, 0.05) is 23.4 Å². The highest BCUT2D eigenvalue weighted by atomic mass is 35.7. The summed E-state index contributed by atoms with van der Waals surface area (Å²) in [5.41, 5.74) is 0.166. The lowest BCUT2D eigenvalue weighted by Gasteiger charge is -2.02. The summed E-state index contributed by atoms with van der Waals surface area (Å²) < 4.78 is 28.0. The van der Waals surface area contributed by atoms with Crippen molar-refractivity contribution in [3.63, 3.8) is 0 Å². The van der Waals surface area contributed by atoms with E-state index in [1.807, 2.05) is 0 Å². The summed E-state index contributed by atoms with van der Waals surface area (Å²) in [7, 11) is 2.57. The fourth-order valence-corrected chi connectivity index (χ4v) is 1.91. The van der Waals surface area contributed by atoms with Gasteiger partial charge in [-0.05, 0) is 13.0 Å². The van der Waals surface area contributed by atoms with Gasteiger partial charge in [-0.25, -0.2) is 13.2 Å². The first kappa shape index (κ1) is 12.1. The molecule has 0 saturated carbocycles. The van der Waals surface area contributed by atoms with Gasteiger partial charge in [0.15, 0.2) is 0 Å². The first-order chi connectivity index (χ1) is 6.90. The van der Waals surface area contributed by atoms with Gasteiger partial charge in [-0.3, -0.25) is 0 Å². The van der Waals surface area contributed by atoms with Crippen LogP contribution in [0.4, 0.5) is 0 Å². The summed E-state index contributed by atoms with van der Waals surface area (Å²) in [5, 5.41) is 0. The Kier molecular flexibility index (Phi) is 3.41. The van der Waals surface area contributed by atoms with Gasteiger partial charge >= 0.3 is 5.97 Å². The minimum absolute atomic E-state index is 0.105. The predicted molar refractivity (Wildman–Crippen MR) is 54.5 cm³/mol. The molecule has 0 amide bonds. The molecule has 0 N–H and O–H groups in total. The van der Waals surface area contributed by atoms with E-state index < -0.39 is 15.0 Å². The van der Waals surface area contributed by atoms with Crippen molar-refractivity contribution in [1.82, 2.24) is 4.57 Å². The van der Waals surface area contributed by atoms with Crippen LogP contribution in [0.5, 0.6) is 0 Å². The van der Waals surface area contributed by atoms with E-state index in [2.05, 4.69) is 4.74 Å². The highest BCUT2D eigenvalue weighted by Crippen LogP contribution is 2.19. The zero-order chi connectivity index (χ0) is 11.6. The maximum Gasteiger partial charge on any atom is 0.354 e. The fraction of sp³-hybridized carbons (Fsp3) is 0.375. The zero-order valence-corrected chi connectivity index (χ0v) is 9.80. The number of nitrogens with zero attached hydrogens (tertiary/aromatic N) is 1. The van der Waals surface area contributed by atoms with Gasteiger partial charge < -0.3 is 9.30 Å². The van der Waals surface area contributed by atoms with Gasteiger partial charge in [-0.15, -0.1) is 0 Å². The number of carbonyl (C=O) groups excluding carboxylic acids is 1. The topological polar surface area (TPSA) is 65.4 Å². The van der Waals surface area contributed by atoms with Crippen LogP contribution in [0.25, 0.3) is 0 Å². The SMILES string of the molecule is CCn1cc(S(=O)(=O)Cl)cc1C(=O)OC. The van der Waals surface area contributed by atoms with E-state index in [0.29, 0.717) is 6.54 Å². The van der Waals surface area contributed by atoms with Crippen LogP contribution in [0, 0.1) is 0 Å². The molecule has 7 heteroatoms. The van der Waals surface area contributed by atoms with Crippen molar-refractivity contribution in [2.24, 2.45) is 0 Å². The number of aryl methyl sites for hydroxylation is 1. The summed E-state index contributed by atoms with van der Waals surface area (Å²) in [5.74, 6) is -0.594. The number of halogens is 1. The number of rotatable bonds is 3. The summed E-state index contributed by atoms with van der Waals surface area (Å²) in [6, 6.07) is 1.19. The Morgan fingerprint density at radius 3 is 2.60 bits per heavy atom. The molecule has 0 saturated heterocycles. The molecule has 0 aliphatic heterocycles. The monoisotopic (exact) mass is 251 g/mol. The van der Waals surface area contributed by atoms with Gasteiger partial charge in [0.25, 0.3) is 9.05 Å². The first-order valence-corrected chi connectivity index (χ1v) is 6.44. The third kappa shape index (κ3) is 2.51. The molecule has 0 bridgehead atoms. The molecule has 5 nitrogen and oxygen atoms in total. The molecule has 0 unspecified atom stereocenters. The van der Waals surface area contributed by atoms with E-state index in [1.165, 1.54) is 23.9 Å². The molecular weight excluding hydrogens is 242 g/mol. The minimum Gasteiger partial charge on any atom is -0.464 e. The van der Waals surface area contributed by atoms with E-state index in [9.17, 15) is 13.2 Å². The van der Waals surface area contributed by atoms with Crippen molar-refractivity contribution in [3.8, 4) is 0 Å². The van der Waals surface area contributed by atoms with E-state index in [0.717, 1.165) is 0 Å². The number of esters is 1. The van der Waals surface area contributed by atoms with Crippen molar-refractivity contribution in [3.05, 3.63) is 18.0 Å². The Bertz CT molecular complexity index is 477. The van der Waals surface area contributed by atoms with Crippen molar-refractivity contribution in [1.29, 1.82) is 0 Å². The van der Waals surface area contributed by atoms with Crippen LogP contribution in [-0.4, -0.2) is 26.1 Å². The molecule has 1 aromatic rings. The highest BCUT2D eigenvalue weighted by Gasteiger charge is 2.19. The smallest absolute Gasteiger partial charge is 0.354 e. The molecule has 0 fully saturated rings. The highest BCUT2D eigenvalue weighted by molar-refractivity contribution is 8.13. The number of hydrogen-bond donors (Lipinski definition) is 0. The van der Waals surface area contributed by atoms with E-state index >= 15 is 0 Å². The summed E-state index contributed by atoms with van der Waals surface area (Å²) in [6.07, 6.45) is 1.30. The van der Waals surface area contributed by atoms with Gasteiger partial charge in [-0.2, -0.15) is 0 Å². The van der Waals surface area contributed by atoms with Crippen molar-refractivity contribution < 1.29 is 17.9 Å². The first-order valence-electron chi connectivity index (χ1n) is 4.13. The zero-order valence-electron chi connectivity index (χ0n) is 8.23. The lowest BCUT2D eigenvalue weighted by molar-refractivity contribution is 0.0588. The van der Waals surface area contributed by atoms with Crippen molar-refractivity contribution in [2.45, 2.75) is 18.4 Å². The van der Waals surface area contributed by atoms with Crippen LogP contribution in [0.2, 0.25) is 0 Å². The summed E-state index contributed by atoms with van der Waals surface area (Å²) >= 11 is 0. The normalized spacial score (nSPS) is 11.4. The molecule has 15 heavy (non-hydrogen) atoms. The van der Waals surface area contributed by atoms with E-state index in [1.54, 1.807) is 6.92 Å². The second-order valence-electron chi connectivity index (χ2n) is 2.78. The predicted octanol–water partition coefficient (Wildman–Crippen LogP) is 1.22. The quantitative estimate of drug-likeness (QED) is 0.599. The molecule has 0 spiro atoms. The Hall–Kier alpha value is -1.01. The fourth-order valence-electron chi connectivity index (χ4n) is 1.15. The molecule has 84 valence electrons. The molecule has 0 aliphatic rings. The number of ether oxygens (including phenoxy) is 1. The van der Waals surface area contributed by atoms with Gasteiger partial charge in [0.1, 0.15) is 10.6 Å². The number of carbonyl (C=O) groups is 1. The largest absolute Gasteiger partial charge is 0.464 e. The molecule has 0 atom stereocenters. The molecule has 1 rings (SSSR count). The molecule has 0 aliphatic carbocycles. The second-order valence-corrected chi connectivity index (χ2v) is 5.34. The molecule has 0 aromatic carbocycles. The van der Waals surface area contributed by atoms with E-state index in [4.69, 9.17) is 10.7 Å². The van der Waals surface area contributed by atoms with Crippen molar-refractivity contribution in [2.75, 3.05) is 7.11 Å². The van der Waals surface area contributed by atoms with Crippen LogP contribution >= 0.6 is 10.7 Å². The van der Waals surface area contributed by atoms with Crippen LogP contribution in [-0.2, 0) is 20.3 Å². The molecule has 1 aromatic heterocycles. The van der Waals surface area contributed by atoms with Gasteiger partial charge in [0.05, 0.1) is 7.11 Å². The second kappa shape index (κ2) is 4.24. The van der Waals surface area contributed by atoms with Crippen LogP contribution in [0.15, 0.2) is 17.2 Å². The number of aromatic nitrogens is 1. The lowest BCUT2D eigenvalue weighted by atomic mass is 10.4. The third-order valence-electron chi connectivity index (χ3n) is 1.89. The van der Waals surface area contributed by atoms with Crippen LogP contribution in [0.1, 0.15) is 17.4 Å². The number of hydrogen-bond acceptors (Lipinski definition) is 4. The van der Waals surface area contributed by atoms with Crippen molar-refractivity contribution >= 4 is 25.7 Å². The van der Waals surface area contributed by atoms with Crippen LogP contribution in [0.3, 0.4) is 0 Å². The summed E-state index contributed by atoms with van der Waals surface area (Å²) in [4.78, 5) is 11.1. The Morgan fingerprint density at radius 2 is 2.20 bits per heavy atom. The Labute approximate surface area is 92.0 Å². The molecular formula is C8H10ClNO4S. The Morgan fingerprint density at radius 1 is 1.60 bits per heavy atom.